The van der Waals surface area contributed by atoms with Gasteiger partial charge >= 0.3 is 5.97 Å². The van der Waals surface area contributed by atoms with Gasteiger partial charge in [0, 0.05) is 13.6 Å². The Labute approximate surface area is 147 Å². The van der Waals surface area contributed by atoms with Crippen molar-refractivity contribution < 1.29 is 18.7 Å². The van der Waals surface area contributed by atoms with Crippen LogP contribution in [0.1, 0.15) is 6.42 Å². The first kappa shape index (κ1) is 17.6. The molecule has 0 N–H and O–H groups in total. The Morgan fingerprint density at radius 1 is 1.27 bits per heavy atom. The average molecular weight is 360 g/mol. The number of ether oxygens (including phenoxy) is 2. The molecule has 8 nitrogen and oxygen atoms in total. The third-order valence-corrected chi connectivity index (χ3v) is 3.72. The van der Waals surface area contributed by atoms with Crippen LogP contribution in [0, 0.1) is 5.82 Å². The van der Waals surface area contributed by atoms with Crippen LogP contribution in [0.5, 0.6) is 5.75 Å². The van der Waals surface area contributed by atoms with E-state index in [9.17, 15) is 14.0 Å². The molecule has 0 aliphatic carbocycles. The van der Waals surface area contributed by atoms with Gasteiger partial charge in [-0.05, 0) is 12.1 Å². The number of aromatic nitrogens is 4. The standard InChI is InChI=1S/C17H17FN4O4/c1-21-16-12(10-20-21)17(24)22(11-19-16)7-6-15(23)26-9-8-25-14-5-3-2-4-13(14)18/h2-5,10-11H,6-9H2,1H3. The topological polar surface area (TPSA) is 88.2 Å². The van der Waals surface area contributed by atoms with Crippen molar-refractivity contribution in [2.45, 2.75) is 13.0 Å². The summed E-state index contributed by atoms with van der Waals surface area (Å²) < 4.78 is 26.4. The summed E-state index contributed by atoms with van der Waals surface area (Å²) in [6, 6.07) is 5.98. The van der Waals surface area contributed by atoms with Gasteiger partial charge in [0.25, 0.3) is 5.56 Å². The highest BCUT2D eigenvalue weighted by molar-refractivity contribution is 5.73. The second-order valence-electron chi connectivity index (χ2n) is 5.50. The Kier molecular flexibility index (Phi) is 5.26. The number of halogens is 1. The summed E-state index contributed by atoms with van der Waals surface area (Å²) in [6.45, 7) is 0.168. The summed E-state index contributed by atoms with van der Waals surface area (Å²) in [4.78, 5) is 28.2. The van der Waals surface area contributed by atoms with Gasteiger partial charge in [-0.15, -0.1) is 0 Å². The van der Waals surface area contributed by atoms with E-state index in [1.807, 2.05) is 0 Å². The average Bonchev–Trinajstić information content (AvgIpc) is 3.01. The van der Waals surface area contributed by atoms with Gasteiger partial charge in [-0.25, -0.2) is 9.37 Å². The van der Waals surface area contributed by atoms with Crippen molar-refractivity contribution in [3.8, 4) is 5.75 Å². The molecule has 26 heavy (non-hydrogen) atoms. The van der Waals surface area contributed by atoms with Gasteiger partial charge in [-0.2, -0.15) is 5.10 Å². The van der Waals surface area contributed by atoms with Crippen LogP contribution in [-0.2, 0) is 23.1 Å². The molecule has 136 valence electrons. The van der Waals surface area contributed by atoms with Crippen molar-refractivity contribution >= 4 is 17.0 Å². The quantitative estimate of drug-likeness (QED) is 0.466. The van der Waals surface area contributed by atoms with E-state index in [-0.39, 0.29) is 37.5 Å². The summed E-state index contributed by atoms with van der Waals surface area (Å²) in [5.41, 5.74) is 0.220. The van der Waals surface area contributed by atoms with Crippen LogP contribution in [-0.4, -0.2) is 38.5 Å². The summed E-state index contributed by atoms with van der Waals surface area (Å²) in [7, 11) is 1.69. The SMILES string of the molecule is Cn1ncc2c(=O)n(CCC(=O)OCCOc3ccccc3F)cnc21. The number of esters is 1. The van der Waals surface area contributed by atoms with Gasteiger partial charge < -0.3 is 9.47 Å². The number of benzene rings is 1. The molecule has 3 rings (SSSR count). The van der Waals surface area contributed by atoms with Gasteiger partial charge in [0.05, 0.1) is 18.9 Å². The molecule has 0 unspecified atom stereocenters. The van der Waals surface area contributed by atoms with Crippen LogP contribution in [0.15, 0.2) is 41.6 Å². The zero-order valence-electron chi connectivity index (χ0n) is 14.1. The van der Waals surface area contributed by atoms with Crippen LogP contribution in [0.2, 0.25) is 0 Å². The summed E-state index contributed by atoms with van der Waals surface area (Å²) in [5, 5.41) is 4.37. The molecule has 0 aliphatic heterocycles. The lowest BCUT2D eigenvalue weighted by Crippen LogP contribution is -2.23. The number of carbonyl (C=O) groups excluding carboxylic acids is 1. The van der Waals surface area contributed by atoms with E-state index in [2.05, 4.69) is 10.1 Å². The normalized spacial score (nSPS) is 10.8. The lowest BCUT2D eigenvalue weighted by Gasteiger charge is -2.08. The lowest BCUT2D eigenvalue weighted by atomic mass is 10.3. The Balaban J connectivity index is 1.46. The van der Waals surface area contributed by atoms with Crippen molar-refractivity contribution in [3.05, 3.63) is 53.0 Å². The predicted octanol–water partition coefficient (Wildman–Crippen LogP) is 1.28. The molecule has 0 amide bonds. The van der Waals surface area contributed by atoms with Crippen LogP contribution in [0.4, 0.5) is 4.39 Å². The number of rotatable bonds is 7. The maximum absolute atomic E-state index is 13.4. The van der Waals surface area contributed by atoms with Crippen LogP contribution < -0.4 is 10.3 Å². The van der Waals surface area contributed by atoms with Gasteiger partial charge in [-0.1, -0.05) is 12.1 Å². The zero-order chi connectivity index (χ0) is 18.5. The minimum atomic E-state index is -0.486. The number of nitrogens with zero attached hydrogens (tertiary/aromatic N) is 4. The third-order valence-electron chi connectivity index (χ3n) is 3.72. The number of carbonyl (C=O) groups is 1. The molecule has 0 atom stereocenters. The molecule has 0 radical (unpaired) electrons. The summed E-state index contributed by atoms with van der Waals surface area (Å²) >= 11 is 0. The second kappa shape index (κ2) is 7.77. The maximum atomic E-state index is 13.4. The minimum absolute atomic E-state index is 0.00700. The van der Waals surface area contributed by atoms with Crippen molar-refractivity contribution in [2.75, 3.05) is 13.2 Å². The number of hydrogen-bond donors (Lipinski definition) is 0. The Hall–Kier alpha value is -3.23. The monoisotopic (exact) mass is 360 g/mol. The fourth-order valence-corrected chi connectivity index (χ4v) is 2.38. The molecule has 0 saturated carbocycles. The fourth-order valence-electron chi connectivity index (χ4n) is 2.38. The molecule has 0 bridgehead atoms. The van der Waals surface area contributed by atoms with E-state index in [1.165, 1.54) is 33.9 Å². The first-order chi connectivity index (χ1) is 12.6. The maximum Gasteiger partial charge on any atom is 0.307 e. The first-order valence-corrected chi connectivity index (χ1v) is 7.96. The zero-order valence-corrected chi connectivity index (χ0v) is 14.1. The number of fused-ring (bicyclic) bond motifs is 1. The van der Waals surface area contributed by atoms with Gasteiger partial charge in [0.15, 0.2) is 17.2 Å². The fraction of sp³-hybridized carbons (Fsp3) is 0.294. The molecular formula is C17H17FN4O4. The van der Waals surface area contributed by atoms with Gasteiger partial charge in [-0.3, -0.25) is 18.8 Å². The van der Waals surface area contributed by atoms with Crippen LogP contribution in [0.3, 0.4) is 0 Å². The van der Waals surface area contributed by atoms with Crippen LogP contribution >= 0.6 is 0 Å². The molecule has 2 heterocycles. The molecule has 0 spiro atoms. The lowest BCUT2D eigenvalue weighted by molar-refractivity contribution is -0.144. The van der Waals surface area contributed by atoms with Crippen molar-refractivity contribution in [1.82, 2.24) is 19.3 Å². The van der Waals surface area contributed by atoms with Gasteiger partial charge in [0.1, 0.15) is 18.6 Å². The Morgan fingerprint density at radius 3 is 2.88 bits per heavy atom. The molecule has 9 heteroatoms. The number of hydrogen-bond acceptors (Lipinski definition) is 6. The highest BCUT2D eigenvalue weighted by Crippen LogP contribution is 2.14. The number of aryl methyl sites for hydroxylation is 2. The summed E-state index contributed by atoms with van der Waals surface area (Å²) in [5.74, 6) is -0.859. The van der Waals surface area contributed by atoms with Crippen molar-refractivity contribution in [3.63, 3.8) is 0 Å². The first-order valence-electron chi connectivity index (χ1n) is 7.96. The molecule has 2 aromatic heterocycles. The van der Waals surface area contributed by atoms with Crippen LogP contribution in [0.25, 0.3) is 11.0 Å². The third kappa shape index (κ3) is 3.88. The number of para-hydroxylation sites is 1. The smallest absolute Gasteiger partial charge is 0.307 e. The van der Waals surface area contributed by atoms with E-state index in [4.69, 9.17) is 9.47 Å². The largest absolute Gasteiger partial charge is 0.487 e. The van der Waals surface area contributed by atoms with E-state index < -0.39 is 11.8 Å². The Bertz CT molecular complexity index is 982. The Morgan fingerprint density at radius 2 is 2.08 bits per heavy atom. The van der Waals surface area contributed by atoms with E-state index in [1.54, 1.807) is 19.2 Å². The molecule has 1 aromatic carbocycles. The molecule has 0 aliphatic rings. The van der Waals surface area contributed by atoms with Gasteiger partial charge in [0.2, 0.25) is 0 Å². The van der Waals surface area contributed by atoms with Crippen molar-refractivity contribution in [1.29, 1.82) is 0 Å². The van der Waals surface area contributed by atoms with E-state index >= 15 is 0 Å². The van der Waals surface area contributed by atoms with E-state index in [0.29, 0.717) is 11.0 Å². The second-order valence-corrected chi connectivity index (χ2v) is 5.50. The predicted molar refractivity (Wildman–Crippen MR) is 90.2 cm³/mol. The highest BCUT2D eigenvalue weighted by Gasteiger charge is 2.10. The van der Waals surface area contributed by atoms with Crippen molar-refractivity contribution in [2.24, 2.45) is 7.05 Å². The molecular weight excluding hydrogens is 343 g/mol. The molecule has 0 fully saturated rings. The van der Waals surface area contributed by atoms with E-state index in [0.717, 1.165) is 0 Å². The summed E-state index contributed by atoms with van der Waals surface area (Å²) in [6.07, 6.45) is 2.83. The molecule has 3 aromatic rings. The highest BCUT2D eigenvalue weighted by atomic mass is 19.1. The molecule has 0 saturated heterocycles. The minimum Gasteiger partial charge on any atom is -0.487 e.